The van der Waals surface area contributed by atoms with E-state index < -0.39 is 0 Å². The highest BCUT2D eigenvalue weighted by Crippen LogP contribution is 2.24. The van der Waals surface area contributed by atoms with E-state index in [0.717, 1.165) is 39.2 Å². The molecular weight excluding hydrogens is 246 g/mol. The van der Waals surface area contributed by atoms with Crippen molar-refractivity contribution < 1.29 is 4.42 Å². The molecule has 5 heteroatoms. The number of hydrogen-bond acceptors (Lipinski definition) is 4. The maximum Gasteiger partial charge on any atom is 0.166 e. The van der Waals surface area contributed by atoms with Crippen LogP contribution in [0.3, 0.4) is 0 Å². The van der Waals surface area contributed by atoms with Gasteiger partial charge in [-0.2, -0.15) is 0 Å². The lowest BCUT2D eigenvalue weighted by molar-refractivity contribution is 0.501. The molecule has 92 valence electrons. The molecule has 3 rings (SSSR count). The quantitative estimate of drug-likeness (QED) is 0.559. The number of anilines is 1. The summed E-state index contributed by atoms with van der Waals surface area (Å²) in [6.07, 6.45) is 0. The van der Waals surface area contributed by atoms with Gasteiger partial charge in [0.25, 0.3) is 0 Å². The van der Waals surface area contributed by atoms with Crippen LogP contribution in [0.2, 0.25) is 0 Å². The van der Waals surface area contributed by atoms with Crippen LogP contribution in [0.15, 0.2) is 39.9 Å². The molecule has 0 atom stereocenters. The van der Waals surface area contributed by atoms with Crippen LogP contribution in [-0.4, -0.2) is 9.97 Å². The molecule has 2 heterocycles. The third-order valence-electron chi connectivity index (χ3n) is 2.63. The molecule has 3 N–H and O–H groups in total. The minimum Gasteiger partial charge on any atom is -0.465 e. The van der Waals surface area contributed by atoms with Crippen LogP contribution in [-0.2, 0) is 5.75 Å². The van der Waals surface area contributed by atoms with Gasteiger partial charge in [0.2, 0.25) is 0 Å². The minimum atomic E-state index is 0.740. The molecule has 0 fully saturated rings. The predicted molar refractivity (Wildman–Crippen MR) is 73.5 cm³/mol. The summed E-state index contributed by atoms with van der Waals surface area (Å²) < 4.78 is 5.52. The molecule has 2 aromatic heterocycles. The summed E-state index contributed by atoms with van der Waals surface area (Å²) in [5.74, 6) is 2.66. The molecule has 0 saturated heterocycles. The number of nitrogens with two attached hydrogens (primary N) is 1. The van der Waals surface area contributed by atoms with Crippen molar-refractivity contribution in [3.63, 3.8) is 0 Å². The van der Waals surface area contributed by atoms with Crippen LogP contribution >= 0.6 is 11.8 Å². The summed E-state index contributed by atoms with van der Waals surface area (Å²) in [6, 6.07) is 9.62. The van der Waals surface area contributed by atoms with E-state index in [1.165, 1.54) is 0 Å². The van der Waals surface area contributed by atoms with Gasteiger partial charge in [-0.1, -0.05) is 11.8 Å². The monoisotopic (exact) mass is 259 g/mol. The van der Waals surface area contributed by atoms with Crippen molar-refractivity contribution in [3.05, 3.63) is 41.9 Å². The third-order valence-corrected chi connectivity index (χ3v) is 3.53. The van der Waals surface area contributed by atoms with Crippen molar-refractivity contribution in [1.29, 1.82) is 0 Å². The lowest BCUT2D eigenvalue weighted by atomic mass is 10.3. The second kappa shape index (κ2) is 4.42. The molecule has 0 aliphatic rings. The van der Waals surface area contributed by atoms with Crippen molar-refractivity contribution in [2.45, 2.75) is 17.8 Å². The molecule has 1 aromatic carbocycles. The number of nitrogen functional groups attached to an aromatic ring is 1. The van der Waals surface area contributed by atoms with Gasteiger partial charge in [-0.05, 0) is 37.3 Å². The number of fused-ring (bicyclic) bond motifs is 1. The zero-order chi connectivity index (χ0) is 12.5. The van der Waals surface area contributed by atoms with Gasteiger partial charge in [0.05, 0.1) is 16.8 Å². The molecule has 0 bridgehead atoms. The van der Waals surface area contributed by atoms with E-state index >= 15 is 0 Å². The standard InChI is InChI=1S/C13H13N3OS/c1-8-2-4-10(17-8)7-18-13-15-11-5-3-9(14)6-12(11)16-13/h2-6H,7,14H2,1H3,(H,15,16). The normalized spacial score (nSPS) is 11.2. The average Bonchev–Trinajstić information content (AvgIpc) is 2.92. The molecule has 0 radical (unpaired) electrons. The summed E-state index contributed by atoms with van der Waals surface area (Å²) in [5.41, 5.74) is 8.37. The van der Waals surface area contributed by atoms with Gasteiger partial charge in [-0.15, -0.1) is 0 Å². The summed E-state index contributed by atoms with van der Waals surface area (Å²) in [6.45, 7) is 1.94. The smallest absolute Gasteiger partial charge is 0.166 e. The minimum absolute atomic E-state index is 0.740. The molecule has 3 aromatic rings. The van der Waals surface area contributed by atoms with Gasteiger partial charge < -0.3 is 15.1 Å². The Bertz CT molecular complexity index is 686. The number of furan rings is 1. The van der Waals surface area contributed by atoms with E-state index in [9.17, 15) is 0 Å². The van der Waals surface area contributed by atoms with Gasteiger partial charge in [0.15, 0.2) is 5.16 Å². The topological polar surface area (TPSA) is 67.8 Å². The van der Waals surface area contributed by atoms with Gasteiger partial charge in [0.1, 0.15) is 11.5 Å². The molecule has 0 amide bonds. The Morgan fingerprint density at radius 3 is 3.00 bits per heavy atom. The zero-order valence-electron chi connectivity index (χ0n) is 9.93. The van der Waals surface area contributed by atoms with Crippen molar-refractivity contribution in [2.75, 3.05) is 5.73 Å². The molecular formula is C13H13N3OS. The van der Waals surface area contributed by atoms with Crippen molar-refractivity contribution in [1.82, 2.24) is 9.97 Å². The van der Waals surface area contributed by atoms with Crippen molar-refractivity contribution in [3.8, 4) is 0 Å². The fourth-order valence-electron chi connectivity index (χ4n) is 1.77. The molecule has 0 aliphatic carbocycles. The molecule has 0 saturated carbocycles. The van der Waals surface area contributed by atoms with Crippen molar-refractivity contribution in [2.24, 2.45) is 0 Å². The number of imidazole rings is 1. The van der Waals surface area contributed by atoms with Crippen LogP contribution in [0.25, 0.3) is 11.0 Å². The van der Waals surface area contributed by atoms with Crippen LogP contribution in [0.1, 0.15) is 11.5 Å². The SMILES string of the molecule is Cc1ccc(CSc2nc3ccc(N)cc3[nH]2)o1. The first-order valence-electron chi connectivity index (χ1n) is 5.64. The maximum absolute atomic E-state index is 5.73. The largest absolute Gasteiger partial charge is 0.465 e. The number of thioether (sulfide) groups is 1. The zero-order valence-corrected chi connectivity index (χ0v) is 10.8. The van der Waals surface area contributed by atoms with E-state index in [1.54, 1.807) is 11.8 Å². The lowest BCUT2D eigenvalue weighted by Crippen LogP contribution is -1.82. The van der Waals surface area contributed by atoms with E-state index in [2.05, 4.69) is 9.97 Å². The van der Waals surface area contributed by atoms with E-state index in [-0.39, 0.29) is 0 Å². The number of nitrogens with one attached hydrogen (secondary N) is 1. The second-order valence-electron chi connectivity index (χ2n) is 4.12. The van der Waals surface area contributed by atoms with Gasteiger partial charge >= 0.3 is 0 Å². The Labute approximate surface area is 109 Å². The number of hydrogen-bond donors (Lipinski definition) is 2. The number of H-pyrrole nitrogens is 1. The molecule has 18 heavy (non-hydrogen) atoms. The first-order valence-corrected chi connectivity index (χ1v) is 6.62. The fraction of sp³-hybridized carbons (Fsp3) is 0.154. The second-order valence-corrected chi connectivity index (χ2v) is 5.08. The highest BCUT2D eigenvalue weighted by Gasteiger charge is 2.05. The number of benzene rings is 1. The fourth-order valence-corrected chi connectivity index (χ4v) is 2.55. The summed E-state index contributed by atoms with van der Waals surface area (Å²) in [4.78, 5) is 7.73. The average molecular weight is 259 g/mol. The Balaban J connectivity index is 1.78. The van der Waals surface area contributed by atoms with Crippen LogP contribution < -0.4 is 5.73 Å². The number of nitrogens with zero attached hydrogens (tertiary/aromatic N) is 1. The number of aromatic amines is 1. The number of aromatic nitrogens is 2. The number of rotatable bonds is 3. The van der Waals surface area contributed by atoms with Gasteiger partial charge in [0, 0.05) is 5.69 Å². The summed E-state index contributed by atoms with van der Waals surface area (Å²) in [7, 11) is 0. The van der Waals surface area contributed by atoms with Crippen LogP contribution in [0.4, 0.5) is 5.69 Å². The van der Waals surface area contributed by atoms with E-state index in [4.69, 9.17) is 10.2 Å². The first kappa shape index (κ1) is 11.2. The summed E-state index contributed by atoms with van der Waals surface area (Å²) >= 11 is 1.62. The Hall–Kier alpha value is -1.88. The molecule has 4 nitrogen and oxygen atoms in total. The predicted octanol–water partition coefficient (Wildman–Crippen LogP) is 3.34. The maximum atomic E-state index is 5.73. The Morgan fingerprint density at radius 2 is 2.22 bits per heavy atom. The number of aryl methyl sites for hydroxylation is 1. The highest BCUT2D eigenvalue weighted by atomic mass is 32.2. The van der Waals surface area contributed by atoms with Crippen LogP contribution in [0.5, 0.6) is 0 Å². The molecule has 0 spiro atoms. The third kappa shape index (κ3) is 2.22. The molecule has 0 aliphatic heterocycles. The Morgan fingerprint density at radius 1 is 1.33 bits per heavy atom. The van der Waals surface area contributed by atoms with E-state index in [1.807, 2.05) is 37.3 Å². The first-order chi connectivity index (χ1) is 8.70. The Kier molecular flexibility index (Phi) is 2.76. The van der Waals surface area contributed by atoms with Crippen molar-refractivity contribution >= 4 is 28.5 Å². The summed E-state index contributed by atoms with van der Waals surface area (Å²) in [5, 5.41) is 0.879. The van der Waals surface area contributed by atoms with Crippen LogP contribution in [0, 0.1) is 6.92 Å². The highest BCUT2D eigenvalue weighted by molar-refractivity contribution is 7.98. The van der Waals surface area contributed by atoms with Gasteiger partial charge in [-0.25, -0.2) is 4.98 Å². The lowest BCUT2D eigenvalue weighted by Gasteiger charge is -1.93. The van der Waals surface area contributed by atoms with Gasteiger partial charge in [-0.3, -0.25) is 0 Å². The van der Waals surface area contributed by atoms with E-state index in [0.29, 0.717) is 0 Å². The molecule has 0 unspecified atom stereocenters.